The highest BCUT2D eigenvalue weighted by molar-refractivity contribution is 6.41. The van der Waals surface area contributed by atoms with Gasteiger partial charge in [-0.2, -0.15) is 0 Å². The maximum Gasteiger partial charge on any atom is 0.313 e. The Labute approximate surface area is 152 Å². The molecule has 6 heteroatoms. The highest BCUT2D eigenvalue weighted by Crippen LogP contribution is 2.26. The van der Waals surface area contributed by atoms with Crippen LogP contribution in [0.25, 0.3) is 0 Å². The van der Waals surface area contributed by atoms with Crippen LogP contribution in [0.15, 0.2) is 42.5 Å². The van der Waals surface area contributed by atoms with E-state index in [4.69, 9.17) is 16.3 Å². The molecule has 2 N–H and O–H groups in total. The fourth-order valence-electron chi connectivity index (χ4n) is 2.37. The number of nitrogens with one attached hydrogen (secondary N) is 2. The third-order valence-electron chi connectivity index (χ3n) is 3.61. The summed E-state index contributed by atoms with van der Waals surface area (Å²) in [7, 11) is 0. The minimum Gasteiger partial charge on any atom is -0.494 e. The van der Waals surface area contributed by atoms with Crippen LogP contribution in [0.2, 0.25) is 5.02 Å². The van der Waals surface area contributed by atoms with Gasteiger partial charge in [-0.3, -0.25) is 9.59 Å². The van der Waals surface area contributed by atoms with Gasteiger partial charge in [-0.05, 0) is 39.0 Å². The third-order valence-corrected chi connectivity index (χ3v) is 3.94. The van der Waals surface area contributed by atoms with Gasteiger partial charge in [-0.25, -0.2) is 0 Å². The summed E-state index contributed by atoms with van der Waals surface area (Å²) in [5, 5.41) is 5.56. The number of hydrogen-bond donors (Lipinski definition) is 2. The van der Waals surface area contributed by atoms with Crippen LogP contribution in [0.4, 0.5) is 5.69 Å². The fourth-order valence-corrected chi connectivity index (χ4v) is 2.56. The first-order valence-corrected chi connectivity index (χ1v) is 8.40. The van der Waals surface area contributed by atoms with Crippen molar-refractivity contribution in [2.24, 2.45) is 0 Å². The first-order valence-electron chi connectivity index (χ1n) is 8.02. The zero-order valence-electron chi connectivity index (χ0n) is 14.4. The standard InChI is InChI=1S/C19H21ClN2O3/c1-4-25-17-10-9-12(2)11-14(17)13(3)21-18(23)19(24)22-16-8-6-5-7-15(16)20/h5-11,13H,4H2,1-3H3,(H,21,23)(H,22,24). The van der Waals surface area contributed by atoms with Crippen LogP contribution in [-0.2, 0) is 9.59 Å². The molecule has 1 unspecified atom stereocenters. The molecule has 0 saturated carbocycles. The van der Waals surface area contributed by atoms with Gasteiger partial charge in [0.05, 0.1) is 23.4 Å². The molecule has 2 aromatic rings. The Morgan fingerprint density at radius 3 is 2.56 bits per heavy atom. The van der Waals surface area contributed by atoms with E-state index in [0.717, 1.165) is 11.1 Å². The molecule has 25 heavy (non-hydrogen) atoms. The third kappa shape index (κ3) is 4.97. The minimum atomic E-state index is -0.773. The maximum absolute atomic E-state index is 12.2. The monoisotopic (exact) mass is 360 g/mol. The Morgan fingerprint density at radius 1 is 1.16 bits per heavy atom. The molecule has 2 aromatic carbocycles. The summed E-state index contributed by atoms with van der Waals surface area (Å²) in [6.45, 7) is 6.17. The predicted molar refractivity (Wildman–Crippen MR) is 99.0 cm³/mol. The molecule has 0 aliphatic rings. The number of benzene rings is 2. The molecule has 132 valence electrons. The molecule has 0 aromatic heterocycles. The molecule has 0 heterocycles. The molecule has 0 bridgehead atoms. The Hall–Kier alpha value is -2.53. The van der Waals surface area contributed by atoms with Gasteiger partial charge in [0.2, 0.25) is 0 Å². The normalized spacial score (nSPS) is 11.5. The SMILES string of the molecule is CCOc1ccc(C)cc1C(C)NC(=O)C(=O)Nc1ccccc1Cl. The second-order valence-corrected chi connectivity index (χ2v) is 6.01. The van der Waals surface area contributed by atoms with E-state index in [0.29, 0.717) is 23.1 Å². The summed E-state index contributed by atoms with van der Waals surface area (Å²) in [5.74, 6) is -0.825. The van der Waals surface area contributed by atoms with Crippen molar-refractivity contribution < 1.29 is 14.3 Å². The van der Waals surface area contributed by atoms with Gasteiger partial charge in [0.15, 0.2) is 0 Å². The lowest BCUT2D eigenvalue weighted by molar-refractivity contribution is -0.136. The second kappa shape index (κ2) is 8.53. The van der Waals surface area contributed by atoms with Gasteiger partial charge in [-0.1, -0.05) is 41.4 Å². The zero-order valence-corrected chi connectivity index (χ0v) is 15.2. The molecule has 0 radical (unpaired) electrons. The van der Waals surface area contributed by atoms with Crippen LogP contribution in [0, 0.1) is 6.92 Å². The number of aryl methyl sites for hydroxylation is 1. The minimum absolute atomic E-state index is 0.369. The van der Waals surface area contributed by atoms with E-state index >= 15 is 0 Å². The first-order chi connectivity index (χ1) is 11.9. The van der Waals surface area contributed by atoms with Crippen LogP contribution in [0.1, 0.15) is 31.0 Å². The van der Waals surface area contributed by atoms with Crippen molar-refractivity contribution in [3.8, 4) is 5.75 Å². The maximum atomic E-state index is 12.2. The number of rotatable bonds is 5. The van der Waals surface area contributed by atoms with Gasteiger partial charge in [-0.15, -0.1) is 0 Å². The number of carbonyl (C=O) groups is 2. The molecule has 2 amide bonds. The smallest absolute Gasteiger partial charge is 0.313 e. The van der Waals surface area contributed by atoms with E-state index in [2.05, 4.69) is 10.6 Å². The summed E-state index contributed by atoms with van der Waals surface area (Å²) < 4.78 is 5.60. The quantitative estimate of drug-likeness (QED) is 0.795. The second-order valence-electron chi connectivity index (χ2n) is 5.60. The summed E-state index contributed by atoms with van der Waals surface area (Å²) in [6, 6.07) is 12.1. The summed E-state index contributed by atoms with van der Waals surface area (Å²) >= 11 is 5.98. The Balaban J connectivity index is 2.08. The number of ether oxygens (including phenoxy) is 1. The van der Waals surface area contributed by atoms with E-state index in [1.165, 1.54) is 0 Å². The lowest BCUT2D eigenvalue weighted by Gasteiger charge is -2.18. The largest absolute Gasteiger partial charge is 0.494 e. The van der Waals surface area contributed by atoms with Crippen molar-refractivity contribution in [1.82, 2.24) is 5.32 Å². The molecule has 1 atom stereocenters. The van der Waals surface area contributed by atoms with Crippen LogP contribution < -0.4 is 15.4 Å². The number of anilines is 1. The molecule has 0 fully saturated rings. The topological polar surface area (TPSA) is 67.4 Å². The molecule has 0 aliphatic carbocycles. The van der Waals surface area contributed by atoms with Crippen LogP contribution in [-0.4, -0.2) is 18.4 Å². The zero-order chi connectivity index (χ0) is 18.4. The Morgan fingerprint density at radius 2 is 1.88 bits per heavy atom. The van der Waals surface area contributed by atoms with E-state index < -0.39 is 11.8 Å². The molecule has 0 saturated heterocycles. The molecule has 2 rings (SSSR count). The van der Waals surface area contributed by atoms with E-state index in [1.54, 1.807) is 31.2 Å². The summed E-state index contributed by atoms with van der Waals surface area (Å²) in [4.78, 5) is 24.3. The van der Waals surface area contributed by atoms with Crippen LogP contribution in [0.5, 0.6) is 5.75 Å². The number of hydrogen-bond acceptors (Lipinski definition) is 3. The fraction of sp³-hybridized carbons (Fsp3) is 0.263. The highest BCUT2D eigenvalue weighted by Gasteiger charge is 2.20. The van der Waals surface area contributed by atoms with E-state index in [1.807, 2.05) is 32.0 Å². The lowest BCUT2D eigenvalue weighted by Crippen LogP contribution is -2.37. The van der Waals surface area contributed by atoms with E-state index in [9.17, 15) is 9.59 Å². The number of amides is 2. The highest BCUT2D eigenvalue weighted by atomic mass is 35.5. The van der Waals surface area contributed by atoms with E-state index in [-0.39, 0.29) is 6.04 Å². The Kier molecular flexibility index (Phi) is 6.42. The average molecular weight is 361 g/mol. The molecular weight excluding hydrogens is 340 g/mol. The van der Waals surface area contributed by atoms with Crippen LogP contribution in [0.3, 0.4) is 0 Å². The average Bonchev–Trinajstić information content (AvgIpc) is 2.58. The molecular formula is C19H21ClN2O3. The van der Waals surface area contributed by atoms with Crippen molar-refractivity contribution >= 4 is 29.1 Å². The summed E-state index contributed by atoms with van der Waals surface area (Å²) in [5.41, 5.74) is 2.25. The lowest BCUT2D eigenvalue weighted by atomic mass is 10.0. The van der Waals surface area contributed by atoms with Crippen molar-refractivity contribution in [1.29, 1.82) is 0 Å². The van der Waals surface area contributed by atoms with Crippen molar-refractivity contribution in [3.63, 3.8) is 0 Å². The molecule has 5 nitrogen and oxygen atoms in total. The van der Waals surface area contributed by atoms with Gasteiger partial charge in [0.1, 0.15) is 5.75 Å². The molecule has 0 spiro atoms. The Bertz CT molecular complexity index is 777. The number of para-hydroxylation sites is 1. The van der Waals surface area contributed by atoms with Gasteiger partial charge in [0, 0.05) is 5.56 Å². The van der Waals surface area contributed by atoms with Gasteiger partial charge >= 0.3 is 11.8 Å². The van der Waals surface area contributed by atoms with Crippen molar-refractivity contribution in [2.45, 2.75) is 26.8 Å². The van der Waals surface area contributed by atoms with Gasteiger partial charge < -0.3 is 15.4 Å². The molecule has 0 aliphatic heterocycles. The summed E-state index contributed by atoms with van der Waals surface area (Å²) in [6.07, 6.45) is 0. The first kappa shape index (κ1) is 18.8. The van der Waals surface area contributed by atoms with Crippen molar-refractivity contribution in [3.05, 3.63) is 58.6 Å². The number of carbonyl (C=O) groups excluding carboxylic acids is 2. The van der Waals surface area contributed by atoms with Gasteiger partial charge in [0.25, 0.3) is 0 Å². The predicted octanol–water partition coefficient (Wildman–Crippen LogP) is 3.86. The number of halogens is 1. The van der Waals surface area contributed by atoms with Crippen molar-refractivity contribution in [2.75, 3.05) is 11.9 Å². The van der Waals surface area contributed by atoms with Crippen LogP contribution >= 0.6 is 11.6 Å².